The van der Waals surface area contributed by atoms with Crippen molar-refractivity contribution in [2.45, 2.75) is 38.4 Å². The lowest BCUT2D eigenvalue weighted by atomic mass is 9.98. The van der Waals surface area contributed by atoms with Crippen molar-refractivity contribution in [2.75, 3.05) is 25.5 Å². The average molecular weight is 307 g/mol. The Bertz CT molecular complexity index is 470. The Hall–Kier alpha value is -1.00. The van der Waals surface area contributed by atoms with Crippen LogP contribution in [0.25, 0.3) is 0 Å². The highest BCUT2D eigenvalue weighted by atomic mass is 32.2. The molecule has 1 aromatic rings. The molecule has 1 amide bonds. The Morgan fingerprint density at radius 1 is 1.29 bits per heavy atom. The van der Waals surface area contributed by atoms with E-state index in [1.807, 2.05) is 43.8 Å². The van der Waals surface area contributed by atoms with Crippen molar-refractivity contribution < 1.29 is 9.53 Å². The van der Waals surface area contributed by atoms with E-state index in [9.17, 15) is 4.79 Å². The summed E-state index contributed by atoms with van der Waals surface area (Å²) in [5, 5.41) is 3.16. The molecule has 4 heteroatoms. The summed E-state index contributed by atoms with van der Waals surface area (Å²) in [4.78, 5) is 12.5. The predicted molar refractivity (Wildman–Crippen MR) is 89.2 cm³/mol. The number of carbonyl (C=O) groups excluding carboxylic acids is 1. The van der Waals surface area contributed by atoms with Crippen molar-refractivity contribution >= 4 is 17.7 Å². The van der Waals surface area contributed by atoms with E-state index in [-0.39, 0.29) is 10.7 Å². The van der Waals surface area contributed by atoms with Crippen LogP contribution in [0.1, 0.15) is 41.3 Å². The van der Waals surface area contributed by atoms with E-state index in [4.69, 9.17) is 4.74 Å². The minimum atomic E-state index is 0.0492. The van der Waals surface area contributed by atoms with Crippen LogP contribution >= 0.6 is 11.8 Å². The number of benzene rings is 1. The molecule has 1 N–H and O–H groups in total. The molecular formula is C17H25NO2S. The van der Waals surface area contributed by atoms with Gasteiger partial charge in [-0.2, -0.15) is 11.8 Å². The van der Waals surface area contributed by atoms with E-state index in [0.29, 0.717) is 0 Å². The summed E-state index contributed by atoms with van der Waals surface area (Å²) >= 11 is 1.95. The zero-order chi connectivity index (χ0) is 15.3. The van der Waals surface area contributed by atoms with Crippen molar-refractivity contribution in [3.63, 3.8) is 0 Å². The van der Waals surface area contributed by atoms with Crippen molar-refractivity contribution in [3.8, 4) is 0 Å². The van der Waals surface area contributed by atoms with Crippen LogP contribution < -0.4 is 5.32 Å². The molecule has 1 fully saturated rings. The number of nitrogens with one attached hydrogen (secondary N) is 1. The topological polar surface area (TPSA) is 38.3 Å². The van der Waals surface area contributed by atoms with E-state index in [2.05, 4.69) is 12.2 Å². The lowest BCUT2D eigenvalue weighted by molar-refractivity contribution is 0.0741. The van der Waals surface area contributed by atoms with Gasteiger partial charge in [0.15, 0.2) is 0 Å². The number of hydrogen-bond donors (Lipinski definition) is 1. The molecule has 0 unspecified atom stereocenters. The second-order valence-corrected chi connectivity index (χ2v) is 7.41. The molecule has 3 nitrogen and oxygen atoms in total. The van der Waals surface area contributed by atoms with Gasteiger partial charge in [-0.1, -0.05) is 25.1 Å². The molecule has 0 spiro atoms. The maximum Gasteiger partial charge on any atom is 0.251 e. The molecule has 1 aliphatic heterocycles. The lowest BCUT2D eigenvalue weighted by Gasteiger charge is -2.36. The number of hydrogen-bond acceptors (Lipinski definition) is 3. The normalized spacial score (nSPS) is 17.5. The summed E-state index contributed by atoms with van der Waals surface area (Å²) in [5.41, 5.74) is 2.90. The van der Waals surface area contributed by atoms with Crippen LogP contribution in [0.4, 0.5) is 0 Å². The summed E-state index contributed by atoms with van der Waals surface area (Å²) in [7, 11) is 0. The lowest BCUT2D eigenvalue weighted by Crippen LogP contribution is -2.44. The van der Waals surface area contributed by atoms with Crippen LogP contribution in [-0.4, -0.2) is 36.2 Å². The van der Waals surface area contributed by atoms with Gasteiger partial charge in [0, 0.05) is 30.1 Å². The molecule has 0 atom stereocenters. The Morgan fingerprint density at radius 3 is 2.48 bits per heavy atom. The first kappa shape index (κ1) is 16.4. The highest BCUT2D eigenvalue weighted by Gasteiger charge is 2.33. The second kappa shape index (κ2) is 7.32. The molecule has 0 bridgehead atoms. The third kappa shape index (κ3) is 4.01. The van der Waals surface area contributed by atoms with E-state index >= 15 is 0 Å². The van der Waals surface area contributed by atoms with Crippen molar-refractivity contribution in [2.24, 2.45) is 0 Å². The monoisotopic (exact) mass is 307 g/mol. The van der Waals surface area contributed by atoms with Crippen molar-refractivity contribution in [1.82, 2.24) is 5.32 Å². The largest absolute Gasteiger partial charge is 0.381 e. The van der Waals surface area contributed by atoms with E-state index in [1.165, 1.54) is 0 Å². The molecule has 2 rings (SSSR count). The molecule has 1 aliphatic rings. The zero-order valence-electron chi connectivity index (χ0n) is 13.2. The third-order valence-corrected chi connectivity index (χ3v) is 5.59. The van der Waals surface area contributed by atoms with Gasteiger partial charge < -0.3 is 10.1 Å². The smallest absolute Gasteiger partial charge is 0.251 e. The maximum absolute atomic E-state index is 12.5. The molecular weight excluding hydrogens is 282 g/mol. The fourth-order valence-corrected chi connectivity index (χ4v) is 4.17. The molecule has 21 heavy (non-hydrogen) atoms. The average Bonchev–Trinajstić information content (AvgIpc) is 2.46. The fraction of sp³-hybridized carbons (Fsp3) is 0.588. The van der Waals surface area contributed by atoms with E-state index in [0.717, 1.165) is 55.0 Å². The molecule has 1 aromatic carbocycles. The first-order valence-electron chi connectivity index (χ1n) is 7.64. The first-order valence-corrected chi connectivity index (χ1v) is 8.63. The maximum atomic E-state index is 12.5. The highest BCUT2D eigenvalue weighted by Crippen LogP contribution is 2.34. The van der Waals surface area contributed by atoms with Crippen LogP contribution in [0, 0.1) is 13.8 Å². The number of aryl methyl sites for hydroxylation is 2. The van der Waals surface area contributed by atoms with Gasteiger partial charge in [-0.25, -0.2) is 0 Å². The molecule has 0 saturated carbocycles. The van der Waals surface area contributed by atoms with Gasteiger partial charge in [-0.3, -0.25) is 4.79 Å². The zero-order valence-corrected chi connectivity index (χ0v) is 14.0. The van der Waals surface area contributed by atoms with Crippen LogP contribution in [-0.2, 0) is 4.74 Å². The molecule has 116 valence electrons. The Balaban J connectivity index is 2.05. The fourth-order valence-electron chi connectivity index (χ4n) is 2.92. The number of rotatable bonds is 5. The summed E-state index contributed by atoms with van der Waals surface area (Å²) in [5.74, 6) is 1.12. The summed E-state index contributed by atoms with van der Waals surface area (Å²) < 4.78 is 5.61. The summed E-state index contributed by atoms with van der Waals surface area (Å²) in [6.07, 6.45) is 2.02. The molecule has 1 saturated heterocycles. The Morgan fingerprint density at radius 2 is 1.90 bits per heavy atom. The minimum absolute atomic E-state index is 0.0492. The Labute approximate surface area is 131 Å². The van der Waals surface area contributed by atoms with E-state index in [1.54, 1.807) is 0 Å². The summed E-state index contributed by atoms with van der Waals surface area (Å²) in [6.45, 7) is 8.48. The second-order valence-electron chi connectivity index (χ2n) is 5.68. The first-order chi connectivity index (χ1) is 10.1. The van der Waals surface area contributed by atoms with Crippen molar-refractivity contribution in [3.05, 3.63) is 34.9 Å². The summed E-state index contributed by atoms with van der Waals surface area (Å²) in [6, 6.07) is 5.98. The van der Waals surface area contributed by atoms with Crippen LogP contribution in [0.5, 0.6) is 0 Å². The minimum Gasteiger partial charge on any atom is -0.381 e. The molecule has 0 aromatic heterocycles. The predicted octanol–water partition coefficient (Wildman–Crippen LogP) is 3.34. The van der Waals surface area contributed by atoms with Crippen LogP contribution in [0.2, 0.25) is 0 Å². The standard InChI is InChI=1S/C17H25NO2S/c1-4-21-17(8-10-20-11-9-17)12-18-16(19)15-13(2)6-5-7-14(15)3/h5-7H,4,8-12H2,1-3H3,(H,18,19). The quantitative estimate of drug-likeness (QED) is 0.907. The van der Waals surface area contributed by atoms with Gasteiger partial charge in [0.25, 0.3) is 5.91 Å². The van der Waals surface area contributed by atoms with Gasteiger partial charge in [-0.05, 0) is 43.6 Å². The number of ether oxygens (including phenoxy) is 1. The molecule has 1 heterocycles. The van der Waals surface area contributed by atoms with Gasteiger partial charge in [0.05, 0.1) is 0 Å². The van der Waals surface area contributed by atoms with Gasteiger partial charge in [0.2, 0.25) is 0 Å². The van der Waals surface area contributed by atoms with Gasteiger partial charge >= 0.3 is 0 Å². The van der Waals surface area contributed by atoms with Crippen molar-refractivity contribution in [1.29, 1.82) is 0 Å². The van der Waals surface area contributed by atoms with E-state index < -0.39 is 0 Å². The van der Waals surface area contributed by atoms with Gasteiger partial charge in [-0.15, -0.1) is 0 Å². The highest BCUT2D eigenvalue weighted by molar-refractivity contribution is 8.00. The van der Waals surface area contributed by atoms with Crippen LogP contribution in [0.15, 0.2) is 18.2 Å². The SMILES string of the molecule is CCSC1(CNC(=O)c2c(C)cccc2C)CCOCC1. The third-order valence-electron chi connectivity index (χ3n) is 4.13. The van der Waals surface area contributed by atoms with Gasteiger partial charge in [0.1, 0.15) is 0 Å². The number of carbonyl (C=O) groups is 1. The van der Waals surface area contributed by atoms with Crippen LogP contribution in [0.3, 0.4) is 0 Å². The molecule has 0 radical (unpaired) electrons. The molecule has 0 aliphatic carbocycles. The number of amides is 1. The Kier molecular flexibility index (Phi) is 5.71. The number of thioether (sulfide) groups is 1.